The molecule has 4 amide bonds. The van der Waals surface area contributed by atoms with Crippen molar-refractivity contribution in [3.63, 3.8) is 0 Å². The SMILES string of the molecule is COc1ccc2c(c1)CCC[C@@]21NC(=O)N(CC(=O)Nc2ccc(F)c(Cl)c2)C1=O. The number of amides is 4. The number of imide groups is 1. The van der Waals surface area contributed by atoms with Gasteiger partial charge in [-0.2, -0.15) is 0 Å². The van der Waals surface area contributed by atoms with Gasteiger partial charge in [-0.1, -0.05) is 17.7 Å². The molecule has 1 spiro atoms. The Morgan fingerprint density at radius 3 is 2.83 bits per heavy atom. The Hall–Kier alpha value is -3.13. The molecule has 7 nitrogen and oxygen atoms in total. The number of ether oxygens (including phenoxy) is 1. The van der Waals surface area contributed by atoms with Crippen molar-refractivity contribution in [1.82, 2.24) is 10.2 Å². The Labute approximate surface area is 177 Å². The normalized spacial score (nSPS) is 20.2. The summed E-state index contributed by atoms with van der Waals surface area (Å²) in [5.74, 6) is -0.995. The molecule has 0 bridgehead atoms. The van der Waals surface area contributed by atoms with E-state index < -0.39 is 35.7 Å². The quantitative estimate of drug-likeness (QED) is 0.728. The lowest BCUT2D eigenvalue weighted by molar-refractivity contribution is -0.134. The molecule has 156 valence electrons. The highest BCUT2D eigenvalue weighted by Crippen LogP contribution is 2.41. The van der Waals surface area contributed by atoms with Gasteiger partial charge in [0, 0.05) is 5.69 Å². The molecule has 9 heteroatoms. The zero-order valence-corrected chi connectivity index (χ0v) is 16.9. The summed E-state index contributed by atoms with van der Waals surface area (Å²) in [5, 5.41) is 5.17. The van der Waals surface area contributed by atoms with Gasteiger partial charge in [0.1, 0.15) is 23.7 Å². The molecule has 0 saturated carbocycles. The summed E-state index contributed by atoms with van der Waals surface area (Å²) < 4.78 is 18.5. The van der Waals surface area contributed by atoms with Crippen molar-refractivity contribution < 1.29 is 23.5 Å². The van der Waals surface area contributed by atoms with Crippen LogP contribution in [0.5, 0.6) is 5.75 Å². The van der Waals surface area contributed by atoms with E-state index in [9.17, 15) is 18.8 Å². The third kappa shape index (κ3) is 3.37. The Morgan fingerprint density at radius 2 is 2.10 bits per heavy atom. The van der Waals surface area contributed by atoms with Crippen LogP contribution in [-0.2, 0) is 21.5 Å². The molecule has 2 aliphatic rings. The van der Waals surface area contributed by atoms with Crippen molar-refractivity contribution in [2.24, 2.45) is 0 Å². The van der Waals surface area contributed by atoms with E-state index in [-0.39, 0.29) is 10.7 Å². The van der Waals surface area contributed by atoms with E-state index in [0.29, 0.717) is 18.6 Å². The molecule has 2 N–H and O–H groups in total. The molecule has 1 aliphatic carbocycles. The van der Waals surface area contributed by atoms with Crippen LogP contribution in [0.15, 0.2) is 36.4 Å². The predicted octanol–water partition coefficient (Wildman–Crippen LogP) is 3.21. The number of benzene rings is 2. The van der Waals surface area contributed by atoms with Gasteiger partial charge in [0.05, 0.1) is 12.1 Å². The van der Waals surface area contributed by atoms with Crippen LogP contribution in [0.3, 0.4) is 0 Å². The minimum atomic E-state index is -1.18. The first-order chi connectivity index (χ1) is 14.3. The summed E-state index contributed by atoms with van der Waals surface area (Å²) in [5.41, 5.74) is 0.738. The zero-order chi connectivity index (χ0) is 21.5. The second-order valence-corrected chi connectivity index (χ2v) is 7.69. The highest BCUT2D eigenvalue weighted by Gasteiger charge is 2.54. The number of hydrogen-bond donors (Lipinski definition) is 2. The molecular formula is C21H19ClFN3O4. The van der Waals surface area contributed by atoms with Gasteiger partial charge in [-0.3, -0.25) is 14.5 Å². The number of halogens is 2. The minimum absolute atomic E-state index is 0.143. The summed E-state index contributed by atoms with van der Waals surface area (Å²) >= 11 is 5.72. The van der Waals surface area contributed by atoms with Gasteiger partial charge in [0.2, 0.25) is 5.91 Å². The van der Waals surface area contributed by atoms with Crippen molar-refractivity contribution in [3.8, 4) is 5.75 Å². The first-order valence-corrected chi connectivity index (χ1v) is 9.78. The maximum absolute atomic E-state index is 13.3. The number of carbonyl (C=O) groups is 3. The largest absolute Gasteiger partial charge is 0.497 e. The number of rotatable bonds is 4. The van der Waals surface area contributed by atoms with Crippen molar-refractivity contribution in [2.75, 3.05) is 19.0 Å². The fourth-order valence-electron chi connectivity index (χ4n) is 4.04. The second kappa shape index (κ2) is 7.60. The third-order valence-corrected chi connectivity index (χ3v) is 5.74. The molecule has 1 aliphatic heterocycles. The van der Waals surface area contributed by atoms with E-state index in [1.807, 2.05) is 6.07 Å². The first kappa shape index (κ1) is 20.2. The molecule has 30 heavy (non-hydrogen) atoms. The van der Waals surface area contributed by atoms with Gasteiger partial charge in [-0.15, -0.1) is 0 Å². The summed E-state index contributed by atoms with van der Waals surface area (Å²) in [4.78, 5) is 39.2. The van der Waals surface area contributed by atoms with Gasteiger partial charge in [0.15, 0.2) is 0 Å². The highest BCUT2D eigenvalue weighted by molar-refractivity contribution is 6.31. The number of hydrogen-bond acceptors (Lipinski definition) is 4. The molecule has 2 aromatic carbocycles. The number of carbonyl (C=O) groups excluding carboxylic acids is 3. The van der Waals surface area contributed by atoms with Crippen molar-refractivity contribution >= 4 is 35.1 Å². The lowest BCUT2D eigenvalue weighted by atomic mass is 9.76. The highest BCUT2D eigenvalue weighted by atomic mass is 35.5. The van der Waals surface area contributed by atoms with Gasteiger partial charge >= 0.3 is 6.03 Å². The van der Waals surface area contributed by atoms with Crippen LogP contribution >= 0.6 is 11.6 Å². The van der Waals surface area contributed by atoms with Crippen LogP contribution in [0, 0.1) is 5.82 Å². The van der Waals surface area contributed by atoms with Gasteiger partial charge < -0.3 is 15.4 Å². The van der Waals surface area contributed by atoms with Crippen LogP contribution in [0.2, 0.25) is 5.02 Å². The number of fused-ring (bicyclic) bond motifs is 2. The van der Waals surface area contributed by atoms with Crippen molar-refractivity contribution in [2.45, 2.75) is 24.8 Å². The lowest BCUT2D eigenvalue weighted by Crippen LogP contribution is -2.47. The molecule has 4 rings (SSSR count). The second-order valence-electron chi connectivity index (χ2n) is 7.28. The number of anilines is 1. The minimum Gasteiger partial charge on any atom is -0.497 e. The first-order valence-electron chi connectivity index (χ1n) is 9.40. The molecular weight excluding hydrogens is 413 g/mol. The standard InChI is InChI=1S/C21H19ClFN3O4/c1-30-14-5-6-15-12(9-14)3-2-8-21(15)19(28)26(20(29)25-21)11-18(27)24-13-4-7-17(23)16(22)10-13/h4-7,9-10H,2-3,8,11H2,1H3,(H,24,27)(H,25,29)/t21-/m1/s1. The molecule has 1 saturated heterocycles. The Balaban J connectivity index is 1.55. The molecule has 1 heterocycles. The van der Waals surface area contributed by atoms with E-state index in [4.69, 9.17) is 16.3 Å². The average molecular weight is 432 g/mol. The molecule has 2 aromatic rings. The number of nitrogens with zero attached hydrogens (tertiary/aromatic N) is 1. The van der Waals surface area contributed by atoms with Crippen molar-refractivity contribution in [1.29, 1.82) is 0 Å². The van der Waals surface area contributed by atoms with E-state index in [1.54, 1.807) is 19.2 Å². The van der Waals surface area contributed by atoms with Crippen LogP contribution in [0.1, 0.15) is 24.0 Å². The maximum Gasteiger partial charge on any atom is 0.325 e. The summed E-state index contributed by atoms with van der Waals surface area (Å²) in [6.07, 6.45) is 1.92. The summed E-state index contributed by atoms with van der Waals surface area (Å²) in [7, 11) is 1.57. The molecule has 1 fully saturated rings. The zero-order valence-electron chi connectivity index (χ0n) is 16.1. The van der Waals surface area contributed by atoms with Gasteiger partial charge in [-0.05, 0) is 60.7 Å². The van der Waals surface area contributed by atoms with Crippen LogP contribution < -0.4 is 15.4 Å². The number of urea groups is 1. The molecule has 0 aromatic heterocycles. The fourth-order valence-corrected chi connectivity index (χ4v) is 4.22. The topological polar surface area (TPSA) is 87.7 Å². The van der Waals surface area contributed by atoms with Gasteiger partial charge in [0.25, 0.3) is 5.91 Å². The lowest BCUT2D eigenvalue weighted by Gasteiger charge is -2.33. The van der Waals surface area contributed by atoms with Crippen LogP contribution in [0.4, 0.5) is 14.9 Å². The summed E-state index contributed by atoms with van der Waals surface area (Å²) in [6, 6.07) is 8.49. The number of nitrogens with one attached hydrogen (secondary N) is 2. The van der Waals surface area contributed by atoms with Crippen LogP contribution in [-0.4, -0.2) is 36.4 Å². The van der Waals surface area contributed by atoms with Crippen molar-refractivity contribution in [3.05, 3.63) is 58.4 Å². The Kier molecular flexibility index (Phi) is 5.11. The molecule has 1 atom stereocenters. The average Bonchev–Trinajstić information content (AvgIpc) is 2.95. The van der Waals surface area contributed by atoms with E-state index >= 15 is 0 Å². The Bertz CT molecular complexity index is 1060. The fraction of sp³-hybridized carbons (Fsp3) is 0.286. The maximum atomic E-state index is 13.3. The predicted molar refractivity (Wildman–Crippen MR) is 108 cm³/mol. The molecule has 0 unspecified atom stereocenters. The third-order valence-electron chi connectivity index (χ3n) is 5.45. The monoisotopic (exact) mass is 431 g/mol. The van der Waals surface area contributed by atoms with E-state index in [0.717, 1.165) is 28.5 Å². The summed E-state index contributed by atoms with van der Waals surface area (Å²) in [6.45, 7) is -0.465. The van der Waals surface area contributed by atoms with E-state index in [2.05, 4.69) is 10.6 Å². The Morgan fingerprint density at radius 1 is 1.30 bits per heavy atom. The van der Waals surface area contributed by atoms with E-state index in [1.165, 1.54) is 12.1 Å². The smallest absolute Gasteiger partial charge is 0.325 e. The molecule has 0 radical (unpaired) electrons. The number of aryl methyl sites for hydroxylation is 1. The number of methoxy groups -OCH3 is 1. The van der Waals surface area contributed by atoms with Gasteiger partial charge in [-0.25, -0.2) is 9.18 Å². The van der Waals surface area contributed by atoms with Crippen LogP contribution in [0.25, 0.3) is 0 Å².